The zero-order valence-electron chi connectivity index (χ0n) is 11.2. The number of aromatic carboxylic acids is 1. The second kappa shape index (κ2) is 4.82. The van der Waals surface area contributed by atoms with Gasteiger partial charge in [0.05, 0.1) is 29.4 Å². The number of imidazole rings is 1. The van der Waals surface area contributed by atoms with E-state index in [-0.39, 0.29) is 11.3 Å². The molecule has 2 aromatic carbocycles. The molecule has 0 aliphatic rings. The normalized spacial score (nSPS) is 10.7. The van der Waals surface area contributed by atoms with Gasteiger partial charge in [-0.15, -0.1) is 0 Å². The van der Waals surface area contributed by atoms with Gasteiger partial charge in [-0.1, -0.05) is 0 Å². The van der Waals surface area contributed by atoms with E-state index < -0.39 is 5.97 Å². The van der Waals surface area contributed by atoms with Crippen molar-refractivity contribution >= 4 is 17.0 Å². The van der Waals surface area contributed by atoms with Gasteiger partial charge in [0.25, 0.3) is 0 Å². The number of carbonyl (C=O) groups is 1. The van der Waals surface area contributed by atoms with Crippen LogP contribution < -0.4 is 10.4 Å². The van der Waals surface area contributed by atoms with Crippen molar-refractivity contribution in [2.75, 3.05) is 7.11 Å². The Balaban J connectivity index is 2.20. The van der Waals surface area contributed by atoms with Crippen LogP contribution in [0.25, 0.3) is 16.7 Å². The van der Waals surface area contributed by atoms with Crippen LogP contribution in [-0.4, -0.2) is 27.7 Å². The number of ether oxygens (including phenoxy) is 1. The molecule has 0 fully saturated rings. The Morgan fingerprint density at radius 2 is 1.90 bits per heavy atom. The Kier molecular flexibility index (Phi) is 2.98. The summed E-state index contributed by atoms with van der Waals surface area (Å²) in [6.07, 6.45) is 0. The van der Waals surface area contributed by atoms with Crippen LogP contribution in [0.4, 0.5) is 0 Å². The number of nitrogens with one attached hydrogen (secondary N) is 1. The van der Waals surface area contributed by atoms with Gasteiger partial charge in [-0.2, -0.15) is 0 Å². The number of hydrogen-bond donors (Lipinski definition) is 2. The monoisotopic (exact) mass is 284 g/mol. The van der Waals surface area contributed by atoms with E-state index in [1.54, 1.807) is 37.4 Å². The second-order valence-corrected chi connectivity index (χ2v) is 4.50. The Morgan fingerprint density at radius 3 is 2.52 bits per heavy atom. The maximum absolute atomic E-state index is 12.1. The number of H-pyrrole nitrogens is 1. The molecule has 3 rings (SSSR count). The third-order valence-electron chi connectivity index (χ3n) is 3.26. The topological polar surface area (TPSA) is 84.3 Å². The summed E-state index contributed by atoms with van der Waals surface area (Å²) in [6, 6.07) is 11.6. The molecule has 0 aliphatic heterocycles. The summed E-state index contributed by atoms with van der Waals surface area (Å²) in [7, 11) is 1.57. The highest BCUT2D eigenvalue weighted by atomic mass is 16.5. The van der Waals surface area contributed by atoms with Gasteiger partial charge in [-0.05, 0) is 42.5 Å². The van der Waals surface area contributed by atoms with Gasteiger partial charge < -0.3 is 14.8 Å². The number of benzene rings is 2. The van der Waals surface area contributed by atoms with Crippen LogP contribution in [0.1, 0.15) is 10.4 Å². The molecule has 0 saturated heterocycles. The van der Waals surface area contributed by atoms with E-state index in [1.807, 2.05) is 0 Å². The minimum Gasteiger partial charge on any atom is -0.497 e. The number of fused-ring (bicyclic) bond motifs is 1. The minimum atomic E-state index is -1.03. The summed E-state index contributed by atoms with van der Waals surface area (Å²) in [6.45, 7) is 0. The Bertz CT molecular complexity index is 875. The largest absolute Gasteiger partial charge is 0.497 e. The summed E-state index contributed by atoms with van der Waals surface area (Å²) in [4.78, 5) is 25.7. The molecule has 0 radical (unpaired) electrons. The number of methoxy groups -OCH3 is 1. The standard InChI is InChI=1S/C15H12N2O4/c1-21-11-5-3-10(4-6-11)17-13-7-2-9(14(18)19)8-12(13)16-15(17)20/h2-8H,1H3,(H,16,20)(H,18,19). The van der Waals surface area contributed by atoms with Gasteiger partial charge in [-0.3, -0.25) is 4.57 Å². The molecule has 0 atom stereocenters. The number of rotatable bonds is 3. The average molecular weight is 284 g/mol. The SMILES string of the molecule is COc1ccc(-n2c(=O)[nH]c3cc(C(=O)O)ccc32)cc1. The lowest BCUT2D eigenvalue weighted by atomic mass is 10.2. The van der Waals surface area contributed by atoms with Gasteiger partial charge in [0.1, 0.15) is 5.75 Å². The van der Waals surface area contributed by atoms with Crippen LogP contribution in [0.2, 0.25) is 0 Å². The Labute approximate surface area is 119 Å². The van der Waals surface area contributed by atoms with E-state index in [0.717, 1.165) is 0 Å². The third-order valence-corrected chi connectivity index (χ3v) is 3.26. The predicted molar refractivity (Wildman–Crippen MR) is 77.4 cm³/mol. The summed E-state index contributed by atoms with van der Waals surface area (Å²) in [5.74, 6) is -0.338. The molecule has 6 nitrogen and oxygen atoms in total. The molecule has 1 heterocycles. The molecule has 2 N–H and O–H groups in total. The molecule has 1 aromatic heterocycles. The van der Waals surface area contributed by atoms with E-state index in [0.29, 0.717) is 22.5 Å². The van der Waals surface area contributed by atoms with E-state index >= 15 is 0 Å². The number of carboxylic acid groups (broad SMARTS) is 1. The van der Waals surface area contributed by atoms with Crippen molar-refractivity contribution in [3.05, 3.63) is 58.5 Å². The number of aromatic amines is 1. The quantitative estimate of drug-likeness (QED) is 0.770. The molecule has 0 spiro atoms. The lowest BCUT2D eigenvalue weighted by Crippen LogP contribution is -2.14. The van der Waals surface area contributed by atoms with Crippen molar-refractivity contribution in [1.82, 2.24) is 9.55 Å². The molecule has 0 saturated carbocycles. The first-order chi connectivity index (χ1) is 10.1. The van der Waals surface area contributed by atoms with Crippen LogP contribution in [0.15, 0.2) is 47.3 Å². The first kappa shape index (κ1) is 13.0. The number of nitrogens with zero attached hydrogens (tertiary/aromatic N) is 1. The summed E-state index contributed by atoms with van der Waals surface area (Å²) in [5, 5.41) is 8.98. The Morgan fingerprint density at radius 1 is 1.19 bits per heavy atom. The lowest BCUT2D eigenvalue weighted by molar-refractivity contribution is 0.0697. The second-order valence-electron chi connectivity index (χ2n) is 4.50. The fraction of sp³-hybridized carbons (Fsp3) is 0.0667. The highest BCUT2D eigenvalue weighted by molar-refractivity contribution is 5.92. The first-order valence-corrected chi connectivity index (χ1v) is 6.22. The summed E-state index contributed by atoms with van der Waals surface area (Å²) < 4.78 is 6.57. The van der Waals surface area contributed by atoms with Crippen LogP contribution in [0.5, 0.6) is 5.75 Å². The number of carboxylic acids is 1. The van der Waals surface area contributed by atoms with E-state index in [9.17, 15) is 9.59 Å². The minimum absolute atomic E-state index is 0.130. The van der Waals surface area contributed by atoms with E-state index in [2.05, 4.69) is 4.98 Å². The van der Waals surface area contributed by atoms with Gasteiger partial charge in [0.2, 0.25) is 0 Å². The van der Waals surface area contributed by atoms with E-state index in [4.69, 9.17) is 9.84 Å². The highest BCUT2D eigenvalue weighted by Gasteiger charge is 2.11. The van der Waals surface area contributed by atoms with Crippen molar-refractivity contribution in [1.29, 1.82) is 0 Å². The Hall–Kier alpha value is -3.02. The van der Waals surface area contributed by atoms with Crippen molar-refractivity contribution in [3.63, 3.8) is 0 Å². The fourth-order valence-electron chi connectivity index (χ4n) is 2.23. The molecular formula is C15H12N2O4. The van der Waals surface area contributed by atoms with Crippen LogP contribution in [0, 0.1) is 0 Å². The molecule has 0 bridgehead atoms. The van der Waals surface area contributed by atoms with Crippen molar-refractivity contribution < 1.29 is 14.6 Å². The number of aromatic nitrogens is 2. The van der Waals surface area contributed by atoms with Crippen molar-refractivity contribution in [2.45, 2.75) is 0 Å². The summed E-state index contributed by atoms with van der Waals surface area (Å²) >= 11 is 0. The van der Waals surface area contributed by atoms with E-state index in [1.165, 1.54) is 16.7 Å². The smallest absolute Gasteiger partial charge is 0.335 e. The fourth-order valence-corrected chi connectivity index (χ4v) is 2.23. The average Bonchev–Trinajstić information content (AvgIpc) is 2.82. The maximum atomic E-state index is 12.1. The van der Waals surface area contributed by atoms with Crippen molar-refractivity contribution in [3.8, 4) is 11.4 Å². The molecule has 6 heteroatoms. The highest BCUT2D eigenvalue weighted by Crippen LogP contribution is 2.19. The van der Waals surface area contributed by atoms with Crippen LogP contribution in [-0.2, 0) is 0 Å². The third kappa shape index (κ3) is 2.16. The summed E-state index contributed by atoms with van der Waals surface area (Å²) in [5.41, 5.74) is 1.59. The van der Waals surface area contributed by atoms with Gasteiger partial charge in [-0.25, -0.2) is 9.59 Å². The van der Waals surface area contributed by atoms with Crippen molar-refractivity contribution in [2.24, 2.45) is 0 Å². The molecule has 3 aromatic rings. The molecule has 0 amide bonds. The van der Waals surface area contributed by atoms with Gasteiger partial charge >= 0.3 is 11.7 Å². The molecule has 0 aliphatic carbocycles. The van der Waals surface area contributed by atoms with Crippen LogP contribution in [0.3, 0.4) is 0 Å². The molecule has 0 unspecified atom stereocenters. The first-order valence-electron chi connectivity index (χ1n) is 6.22. The maximum Gasteiger partial charge on any atom is 0.335 e. The van der Waals surface area contributed by atoms with Gasteiger partial charge in [0, 0.05) is 0 Å². The van der Waals surface area contributed by atoms with Gasteiger partial charge in [0.15, 0.2) is 0 Å². The molecular weight excluding hydrogens is 272 g/mol. The number of hydrogen-bond acceptors (Lipinski definition) is 3. The molecule has 21 heavy (non-hydrogen) atoms. The lowest BCUT2D eigenvalue weighted by Gasteiger charge is -2.05. The van der Waals surface area contributed by atoms with Crippen LogP contribution >= 0.6 is 0 Å². The zero-order chi connectivity index (χ0) is 15.0. The zero-order valence-corrected chi connectivity index (χ0v) is 11.2. The molecule has 106 valence electrons. The predicted octanol–water partition coefficient (Wildman–Crippen LogP) is 2.03.